The molecule has 0 saturated carbocycles. The lowest BCUT2D eigenvalue weighted by atomic mass is 10.0. The minimum absolute atomic E-state index is 0.144. The highest BCUT2D eigenvalue weighted by Gasteiger charge is 2.14. The maximum absolute atomic E-state index is 11.2. The summed E-state index contributed by atoms with van der Waals surface area (Å²) in [5.41, 5.74) is 2.22. The van der Waals surface area contributed by atoms with Crippen molar-refractivity contribution >= 4 is 44.3 Å². The van der Waals surface area contributed by atoms with Gasteiger partial charge < -0.3 is 0 Å². The third kappa shape index (κ3) is 2.77. The van der Waals surface area contributed by atoms with E-state index >= 15 is 0 Å². The highest BCUT2D eigenvalue weighted by molar-refractivity contribution is 14.1. The molecule has 0 heterocycles. The lowest BCUT2D eigenvalue weighted by molar-refractivity contribution is -0.116. The Hall–Kier alpha value is 0.1000. The Labute approximate surface area is 100 Å². The summed E-state index contributed by atoms with van der Waals surface area (Å²) in [6.45, 7) is 3.61. The quantitative estimate of drug-likeness (QED) is 0.586. The van der Waals surface area contributed by atoms with Crippen LogP contribution in [0.5, 0.6) is 0 Å². The summed E-state index contributed by atoms with van der Waals surface area (Å²) < 4.78 is 1.16. The van der Waals surface area contributed by atoms with E-state index in [9.17, 15) is 4.79 Å². The molecule has 13 heavy (non-hydrogen) atoms. The van der Waals surface area contributed by atoms with Gasteiger partial charge in [-0.05, 0) is 59.7 Å². The van der Waals surface area contributed by atoms with Crippen LogP contribution in [0.1, 0.15) is 22.9 Å². The van der Waals surface area contributed by atoms with Crippen molar-refractivity contribution in [2.75, 3.05) is 0 Å². The van der Waals surface area contributed by atoms with Gasteiger partial charge in [0.1, 0.15) is 5.78 Å². The van der Waals surface area contributed by atoms with Gasteiger partial charge >= 0.3 is 0 Å². The summed E-state index contributed by atoms with van der Waals surface area (Å²) in [4.78, 5) is 11.0. The molecule has 70 valence electrons. The van der Waals surface area contributed by atoms with Crippen molar-refractivity contribution in [1.82, 2.24) is 0 Å². The second-order valence-electron chi connectivity index (χ2n) is 2.97. The van der Waals surface area contributed by atoms with Crippen LogP contribution in [0.2, 0.25) is 0 Å². The maximum atomic E-state index is 11.2. The van der Waals surface area contributed by atoms with E-state index in [1.807, 2.05) is 25.1 Å². The van der Waals surface area contributed by atoms with Crippen molar-refractivity contribution < 1.29 is 4.79 Å². The van der Waals surface area contributed by atoms with Gasteiger partial charge in [-0.2, -0.15) is 0 Å². The summed E-state index contributed by atoms with van der Waals surface area (Å²) in [5.74, 6) is 0.144. The van der Waals surface area contributed by atoms with Crippen molar-refractivity contribution in [2.45, 2.75) is 18.7 Å². The van der Waals surface area contributed by atoms with Crippen LogP contribution >= 0.6 is 38.5 Å². The van der Waals surface area contributed by atoms with Crippen molar-refractivity contribution in [3.8, 4) is 0 Å². The van der Waals surface area contributed by atoms with E-state index in [0.29, 0.717) is 0 Å². The first-order chi connectivity index (χ1) is 6.02. The number of ketones is 1. The minimum Gasteiger partial charge on any atom is -0.298 e. The smallest absolute Gasteiger partial charge is 0.147 e. The van der Waals surface area contributed by atoms with Crippen LogP contribution < -0.4 is 0 Å². The molecule has 0 aromatic heterocycles. The van der Waals surface area contributed by atoms with E-state index in [1.165, 1.54) is 0 Å². The number of Topliss-reactive ketones (excluding diaryl/α,β-unsaturated/α-hetero) is 1. The number of carbonyl (C=O) groups is 1. The lowest BCUT2D eigenvalue weighted by Gasteiger charge is -2.10. The second kappa shape index (κ2) is 4.55. The minimum atomic E-state index is -0.165. The highest BCUT2D eigenvalue weighted by atomic mass is 127. The average molecular weight is 353 g/mol. The SMILES string of the molecule is CC(=O)C(Br)c1cc(I)ccc1C. The third-order valence-corrected chi connectivity index (χ3v) is 3.68. The molecule has 1 unspecified atom stereocenters. The average Bonchev–Trinajstić information content (AvgIpc) is 2.08. The highest BCUT2D eigenvalue weighted by Crippen LogP contribution is 2.27. The zero-order valence-electron chi connectivity index (χ0n) is 7.47. The van der Waals surface area contributed by atoms with Crippen LogP contribution in [0.4, 0.5) is 0 Å². The molecule has 0 saturated heterocycles. The maximum Gasteiger partial charge on any atom is 0.147 e. The Morgan fingerprint density at radius 1 is 1.54 bits per heavy atom. The summed E-state index contributed by atoms with van der Waals surface area (Å²) in [7, 11) is 0. The fourth-order valence-electron chi connectivity index (χ4n) is 1.10. The zero-order valence-corrected chi connectivity index (χ0v) is 11.2. The van der Waals surface area contributed by atoms with E-state index in [4.69, 9.17) is 0 Å². The Balaban J connectivity index is 3.12. The van der Waals surface area contributed by atoms with Crippen LogP contribution in [-0.4, -0.2) is 5.78 Å². The Kier molecular flexibility index (Phi) is 3.91. The topological polar surface area (TPSA) is 17.1 Å². The van der Waals surface area contributed by atoms with E-state index < -0.39 is 0 Å². The lowest BCUT2D eigenvalue weighted by Crippen LogP contribution is -2.03. The summed E-state index contributed by atoms with van der Waals surface area (Å²) in [6.07, 6.45) is 0. The van der Waals surface area contributed by atoms with E-state index in [2.05, 4.69) is 38.5 Å². The number of alkyl halides is 1. The van der Waals surface area contributed by atoms with Gasteiger partial charge in [-0.3, -0.25) is 4.79 Å². The van der Waals surface area contributed by atoms with E-state index in [0.717, 1.165) is 14.7 Å². The molecule has 1 atom stereocenters. The molecular formula is C10H10BrIO. The van der Waals surface area contributed by atoms with Gasteiger partial charge in [0, 0.05) is 3.57 Å². The molecule has 0 amide bonds. The van der Waals surface area contributed by atoms with Gasteiger partial charge in [0.2, 0.25) is 0 Å². The molecule has 1 rings (SSSR count). The molecule has 3 heteroatoms. The van der Waals surface area contributed by atoms with Crippen LogP contribution in [0, 0.1) is 10.5 Å². The molecule has 0 aliphatic heterocycles. The van der Waals surface area contributed by atoms with E-state index in [1.54, 1.807) is 6.92 Å². The molecule has 0 aliphatic rings. The van der Waals surface area contributed by atoms with Crippen molar-refractivity contribution in [2.24, 2.45) is 0 Å². The van der Waals surface area contributed by atoms with E-state index in [-0.39, 0.29) is 10.6 Å². The van der Waals surface area contributed by atoms with Crippen molar-refractivity contribution in [3.63, 3.8) is 0 Å². The zero-order chi connectivity index (χ0) is 10.0. The summed E-state index contributed by atoms with van der Waals surface area (Å²) in [5, 5.41) is 0. The molecule has 0 bridgehead atoms. The molecule has 0 radical (unpaired) electrons. The Morgan fingerprint density at radius 3 is 2.69 bits per heavy atom. The van der Waals surface area contributed by atoms with Crippen LogP contribution in [0.15, 0.2) is 18.2 Å². The number of halogens is 2. The normalized spacial score (nSPS) is 12.6. The number of hydrogen-bond acceptors (Lipinski definition) is 1. The molecule has 1 aromatic rings. The van der Waals surface area contributed by atoms with Crippen molar-refractivity contribution in [1.29, 1.82) is 0 Å². The Bertz CT molecular complexity index is 336. The van der Waals surface area contributed by atoms with Crippen LogP contribution in [0.3, 0.4) is 0 Å². The fraction of sp³-hybridized carbons (Fsp3) is 0.300. The van der Waals surface area contributed by atoms with Gasteiger partial charge in [-0.25, -0.2) is 0 Å². The molecule has 0 fully saturated rings. The fourth-order valence-corrected chi connectivity index (χ4v) is 2.11. The van der Waals surface area contributed by atoms with Crippen LogP contribution in [0.25, 0.3) is 0 Å². The standard InChI is InChI=1S/C10H10BrIO/c1-6-3-4-8(12)5-9(6)10(11)7(2)13/h3-5,10H,1-2H3. The largest absolute Gasteiger partial charge is 0.298 e. The van der Waals surface area contributed by atoms with Gasteiger partial charge in [0.25, 0.3) is 0 Å². The number of benzene rings is 1. The number of aryl methyl sites for hydroxylation is 1. The molecule has 1 aromatic carbocycles. The first kappa shape index (κ1) is 11.2. The summed E-state index contributed by atoms with van der Waals surface area (Å²) in [6, 6.07) is 6.12. The van der Waals surface area contributed by atoms with Crippen LogP contribution in [-0.2, 0) is 4.79 Å². The molecule has 0 aliphatic carbocycles. The Morgan fingerprint density at radius 2 is 2.15 bits per heavy atom. The van der Waals surface area contributed by atoms with Gasteiger partial charge in [-0.15, -0.1) is 0 Å². The molecule has 0 spiro atoms. The predicted octanol–water partition coefficient (Wildman–Crippen LogP) is 3.62. The predicted molar refractivity (Wildman–Crippen MR) is 66.2 cm³/mol. The monoisotopic (exact) mass is 352 g/mol. The first-order valence-electron chi connectivity index (χ1n) is 3.93. The van der Waals surface area contributed by atoms with Crippen molar-refractivity contribution in [3.05, 3.63) is 32.9 Å². The third-order valence-electron chi connectivity index (χ3n) is 1.87. The first-order valence-corrected chi connectivity index (χ1v) is 5.92. The second-order valence-corrected chi connectivity index (χ2v) is 5.14. The number of carbonyl (C=O) groups excluding carboxylic acids is 1. The summed E-state index contributed by atoms with van der Waals surface area (Å²) >= 11 is 5.63. The van der Waals surface area contributed by atoms with Gasteiger partial charge in [-0.1, -0.05) is 22.0 Å². The number of hydrogen-bond donors (Lipinski definition) is 0. The molecule has 1 nitrogen and oxygen atoms in total. The van der Waals surface area contributed by atoms with Gasteiger partial charge in [0.15, 0.2) is 0 Å². The number of rotatable bonds is 2. The van der Waals surface area contributed by atoms with Gasteiger partial charge in [0.05, 0.1) is 4.83 Å². The molecule has 0 N–H and O–H groups in total. The molecular weight excluding hydrogens is 343 g/mol.